The molecule has 0 N–H and O–H groups in total. The number of benzene rings is 1. The van der Waals surface area contributed by atoms with Crippen LogP contribution >= 0.6 is 0 Å². The predicted octanol–water partition coefficient (Wildman–Crippen LogP) is 2.08. The first-order chi connectivity index (χ1) is 12.6. The highest BCUT2D eigenvalue weighted by atomic mass is 16.7. The molecular formula is C21H33BN2O3. The number of piperazine rings is 1. The summed E-state index contributed by atoms with van der Waals surface area (Å²) in [6.45, 7) is 16.2. The first kappa shape index (κ1) is 20.4. The zero-order chi connectivity index (χ0) is 19.8. The molecule has 0 atom stereocenters. The van der Waals surface area contributed by atoms with Crippen molar-refractivity contribution in [1.29, 1.82) is 0 Å². The topological polar surface area (TPSA) is 42.0 Å². The van der Waals surface area contributed by atoms with Gasteiger partial charge in [-0.15, -0.1) is 0 Å². The van der Waals surface area contributed by atoms with Gasteiger partial charge in [0.15, 0.2) is 0 Å². The van der Waals surface area contributed by atoms with Crippen molar-refractivity contribution in [2.75, 3.05) is 26.2 Å². The molecule has 0 radical (unpaired) electrons. The van der Waals surface area contributed by atoms with Crippen LogP contribution in [0.25, 0.3) is 0 Å². The second kappa shape index (κ2) is 7.57. The van der Waals surface area contributed by atoms with Crippen molar-refractivity contribution < 1.29 is 14.1 Å². The summed E-state index contributed by atoms with van der Waals surface area (Å²) in [4.78, 5) is 17.0. The van der Waals surface area contributed by atoms with Crippen molar-refractivity contribution in [3.63, 3.8) is 0 Å². The molecule has 5 nitrogen and oxygen atoms in total. The van der Waals surface area contributed by atoms with E-state index in [9.17, 15) is 4.79 Å². The maximum absolute atomic E-state index is 12.6. The molecule has 2 aliphatic heterocycles. The van der Waals surface area contributed by atoms with E-state index in [2.05, 4.69) is 46.4 Å². The van der Waals surface area contributed by atoms with Crippen molar-refractivity contribution in [3.05, 3.63) is 29.8 Å². The Morgan fingerprint density at radius 2 is 1.52 bits per heavy atom. The van der Waals surface area contributed by atoms with Crippen LogP contribution in [0.4, 0.5) is 0 Å². The monoisotopic (exact) mass is 372 g/mol. The molecule has 3 rings (SSSR count). The second-order valence-electron chi connectivity index (χ2n) is 9.02. The van der Waals surface area contributed by atoms with Gasteiger partial charge in [0.05, 0.1) is 17.6 Å². The molecule has 2 saturated heterocycles. The lowest BCUT2D eigenvalue weighted by atomic mass is 9.79. The van der Waals surface area contributed by atoms with E-state index in [0.29, 0.717) is 12.5 Å². The Kier molecular flexibility index (Phi) is 5.71. The minimum atomic E-state index is -0.358. The Morgan fingerprint density at radius 3 is 2.00 bits per heavy atom. The minimum absolute atomic E-state index is 0.210. The number of rotatable bonds is 4. The summed E-state index contributed by atoms with van der Waals surface area (Å²) in [5.41, 5.74) is 1.34. The summed E-state index contributed by atoms with van der Waals surface area (Å²) in [6, 6.07) is 8.61. The molecule has 2 aliphatic rings. The molecule has 1 aromatic carbocycles. The highest BCUT2D eigenvalue weighted by Gasteiger charge is 2.51. The van der Waals surface area contributed by atoms with Crippen LogP contribution in [0.1, 0.15) is 47.1 Å². The predicted molar refractivity (Wildman–Crippen MR) is 109 cm³/mol. The Hall–Kier alpha value is -1.37. The Labute approximate surface area is 164 Å². The largest absolute Gasteiger partial charge is 0.494 e. The average molecular weight is 372 g/mol. The van der Waals surface area contributed by atoms with Gasteiger partial charge >= 0.3 is 7.12 Å². The van der Waals surface area contributed by atoms with Gasteiger partial charge in [0.2, 0.25) is 5.91 Å². The lowest BCUT2D eigenvalue weighted by molar-refractivity contribution is -0.132. The SMILES string of the molecule is CC(C)N1CCN(C(=O)Cc2ccc(B3OC(C)(C)C(C)(C)O3)cc2)CC1. The quantitative estimate of drug-likeness (QED) is 0.759. The zero-order valence-corrected chi connectivity index (χ0v) is 17.6. The summed E-state index contributed by atoms with van der Waals surface area (Å²) < 4.78 is 12.2. The van der Waals surface area contributed by atoms with E-state index in [1.165, 1.54) is 0 Å². The fourth-order valence-electron chi connectivity index (χ4n) is 3.55. The zero-order valence-electron chi connectivity index (χ0n) is 17.6. The number of nitrogens with zero attached hydrogens (tertiary/aromatic N) is 2. The highest BCUT2D eigenvalue weighted by Crippen LogP contribution is 2.36. The number of hydrogen-bond acceptors (Lipinski definition) is 4. The van der Waals surface area contributed by atoms with E-state index >= 15 is 0 Å². The highest BCUT2D eigenvalue weighted by molar-refractivity contribution is 6.62. The van der Waals surface area contributed by atoms with Gasteiger partial charge in [0, 0.05) is 32.2 Å². The van der Waals surface area contributed by atoms with Crippen LogP contribution in [0.2, 0.25) is 0 Å². The first-order valence-corrected chi connectivity index (χ1v) is 10.1. The van der Waals surface area contributed by atoms with Gasteiger partial charge in [-0.05, 0) is 52.6 Å². The maximum atomic E-state index is 12.6. The van der Waals surface area contributed by atoms with Crippen LogP contribution in [-0.4, -0.2) is 66.2 Å². The number of carbonyl (C=O) groups excluding carboxylic acids is 1. The summed E-state index contributed by atoms with van der Waals surface area (Å²) in [5.74, 6) is 0.210. The van der Waals surface area contributed by atoms with Crippen LogP contribution in [0, 0.1) is 0 Å². The minimum Gasteiger partial charge on any atom is -0.399 e. The lowest BCUT2D eigenvalue weighted by Crippen LogP contribution is -2.51. The molecule has 2 heterocycles. The third kappa shape index (κ3) is 4.39. The van der Waals surface area contributed by atoms with Crippen LogP contribution in [0.5, 0.6) is 0 Å². The summed E-state index contributed by atoms with van der Waals surface area (Å²) >= 11 is 0. The van der Waals surface area contributed by atoms with Crippen LogP contribution in [0.15, 0.2) is 24.3 Å². The fourth-order valence-corrected chi connectivity index (χ4v) is 3.55. The third-order valence-electron chi connectivity index (χ3n) is 6.26. The molecule has 0 aliphatic carbocycles. The van der Waals surface area contributed by atoms with Gasteiger partial charge in [-0.3, -0.25) is 9.69 Å². The van der Waals surface area contributed by atoms with Gasteiger partial charge in [-0.2, -0.15) is 0 Å². The average Bonchev–Trinajstić information content (AvgIpc) is 2.83. The van der Waals surface area contributed by atoms with Crippen molar-refractivity contribution >= 4 is 18.5 Å². The Balaban J connectivity index is 1.56. The summed E-state index contributed by atoms with van der Waals surface area (Å²) in [5, 5.41) is 0. The van der Waals surface area contributed by atoms with Crippen molar-refractivity contribution in [2.24, 2.45) is 0 Å². The van der Waals surface area contributed by atoms with E-state index < -0.39 is 0 Å². The lowest BCUT2D eigenvalue weighted by Gasteiger charge is -2.37. The Bertz CT molecular complexity index is 649. The smallest absolute Gasteiger partial charge is 0.399 e. The molecule has 0 aromatic heterocycles. The van der Waals surface area contributed by atoms with E-state index in [-0.39, 0.29) is 24.2 Å². The first-order valence-electron chi connectivity index (χ1n) is 10.1. The molecule has 27 heavy (non-hydrogen) atoms. The third-order valence-corrected chi connectivity index (χ3v) is 6.26. The maximum Gasteiger partial charge on any atom is 0.494 e. The molecule has 0 bridgehead atoms. The van der Waals surface area contributed by atoms with Crippen molar-refractivity contribution in [1.82, 2.24) is 9.80 Å². The van der Waals surface area contributed by atoms with E-state index in [1.807, 2.05) is 29.2 Å². The fraction of sp³-hybridized carbons (Fsp3) is 0.667. The molecule has 2 fully saturated rings. The Morgan fingerprint density at radius 1 is 1.00 bits per heavy atom. The molecule has 1 amide bonds. The standard InChI is InChI=1S/C21H33BN2O3/c1-16(2)23-11-13-24(14-12-23)19(25)15-17-7-9-18(10-8-17)22-26-20(3,4)21(5,6)27-22/h7-10,16H,11-15H2,1-6H3. The van der Waals surface area contributed by atoms with Gasteiger partial charge < -0.3 is 14.2 Å². The molecule has 0 spiro atoms. The van der Waals surface area contributed by atoms with E-state index in [1.54, 1.807) is 0 Å². The molecular weight excluding hydrogens is 339 g/mol. The van der Waals surface area contributed by atoms with Crippen LogP contribution < -0.4 is 5.46 Å². The number of amides is 1. The molecule has 0 saturated carbocycles. The summed E-state index contributed by atoms with van der Waals surface area (Å²) in [7, 11) is -0.358. The molecule has 6 heteroatoms. The van der Waals surface area contributed by atoms with Gasteiger partial charge in [0.1, 0.15) is 0 Å². The van der Waals surface area contributed by atoms with Crippen LogP contribution in [0.3, 0.4) is 0 Å². The number of hydrogen-bond donors (Lipinski definition) is 0. The van der Waals surface area contributed by atoms with Crippen LogP contribution in [-0.2, 0) is 20.5 Å². The van der Waals surface area contributed by atoms with Gasteiger partial charge in [-0.1, -0.05) is 24.3 Å². The normalized spacial score (nSPS) is 22.5. The van der Waals surface area contributed by atoms with E-state index in [0.717, 1.165) is 37.2 Å². The second-order valence-corrected chi connectivity index (χ2v) is 9.02. The van der Waals surface area contributed by atoms with Crippen molar-refractivity contribution in [3.8, 4) is 0 Å². The van der Waals surface area contributed by atoms with Gasteiger partial charge in [0.25, 0.3) is 0 Å². The molecule has 1 aromatic rings. The van der Waals surface area contributed by atoms with Crippen molar-refractivity contribution in [2.45, 2.75) is 65.2 Å². The molecule has 148 valence electrons. The van der Waals surface area contributed by atoms with E-state index in [4.69, 9.17) is 9.31 Å². The number of carbonyl (C=O) groups is 1. The van der Waals surface area contributed by atoms with Gasteiger partial charge in [-0.25, -0.2) is 0 Å². The molecule has 0 unspecified atom stereocenters. The summed E-state index contributed by atoms with van der Waals surface area (Å²) in [6.07, 6.45) is 0.450.